The third-order valence-electron chi connectivity index (χ3n) is 3.57. The van der Waals surface area contributed by atoms with Gasteiger partial charge in [0.15, 0.2) is 12.4 Å². The molecule has 0 aliphatic heterocycles. The predicted molar refractivity (Wildman–Crippen MR) is 100.0 cm³/mol. The van der Waals surface area contributed by atoms with E-state index in [2.05, 4.69) is 5.32 Å². The van der Waals surface area contributed by atoms with Gasteiger partial charge in [-0.2, -0.15) is 0 Å². The molecule has 0 radical (unpaired) electrons. The molecule has 0 aromatic heterocycles. The van der Waals surface area contributed by atoms with E-state index in [0.29, 0.717) is 17.2 Å². The molecule has 2 N–H and O–H groups in total. The number of hydrogen-bond donors (Lipinski definition) is 2. The molecule has 3 aromatic carbocycles. The highest BCUT2D eigenvalue weighted by Gasteiger charge is 2.12. The SMILES string of the molecule is O=C(COC(=O)c1ccc(O)cc1)Nc1ccccc1Oc1ccccc1. The molecule has 27 heavy (non-hydrogen) atoms. The lowest BCUT2D eigenvalue weighted by Crippen LogP contribution is -2.21. The Hall–Kier alpha value is -3.80. The number of nitrogens with one attached hydrogen (secondary N) is 1. The van der Waals surface area contributed by atoms with E-state index < -0.39 is 18.5 Å². The van der Waals surface area contributed by atoms with E-state index in [1.54, 1.807) is 36.4 Å². The molecule has 3 aromatic rings. The molecule has 0 saturated carbocycles. The standard InChI is InChI=1S/C21H17NO5/c23-16-12-10-15(11-13-16)21(25)26-14-20(24)22-18-8-4-5-9-19(18)27-17-6-2-1-3-7-17/h1-13,23H,14H2,(H,22,24). The molecule has 6 nitrogen and oxygen atoms in total. The Bertz CT molecular complexity index is 923. The summed E-state index contributed by atoms with van der Waals surface area (Å²) in [6.45, 7) is -0.445. The number of phenolic OH excluding ortho intramolecular Hbond substituents is 1. The summed E-state index contributed by atoms with van der Waals surface area (Å²) in [6.07, 6.45) is 0. The molecular weight excluding hydrogens is 346 g/mol. The van der Waals surface area contributed by atoms with Crippen LogP contribution in [0.2, 0.25) is 0 Å². The zero-order chi connectivity index (χ0) is 19.1. The van der Waals surface area contributed by atoms with Crippen molar-refractivity contribution in [2.24, 2.45) is 0 Å². The molecule has 136 valence electrons. The first-order valence-corrected chi connectivity index (χ1v) is 8.20. The molecular formula is C21H17NO5. The summed E-state index contributed by atoms with van der Waals surface area (Å²) in [7, 11) is 0. The van der Waals surface area contributed by atoms with E-state index in [4.69, 9.17) is 9.47 Å². The Morgan fingerprint density at radius 3 is 2.26 bits per heavy atom. The molecule has 0 bridgehead atoms. The van der Waals surface area contributed by atoms with E-state index >= 15 is 0 Å². The molecule has 0 fully saturated rings. The van der Waals surface area contributed by atoms with Crippen LogP contribution in [0.1, 0.15) is 10.4 Å². The fourth-order valence-corrected chi connectivity index (χ4v) is 2.27. The minimum atomic E-state index is -0.654. The Balaban J connectivity index is 1.59. The van der Waals surface area contributed by atoms with Gasteiger partial charge in [0.25, 0.3) is 5.91 Å². The van der Waals surface area contributed by atoms with Crippen molar-refractivity contribution >= 4 is 17.6 Å². The van der Waals surface area contributed by atoms with Crippen molar-refractivity contribution in [2.45, 2.75) is 0 Å². The number of hydrogen-bond acceptors (Lipinski definition) is 5. The number of rotatable bonds is 6. The number of esters is 1. The van der Waals surface area contributed by atoms with Crippen molar-refractivity contribution in [1.82, 2.24) is 0 Å². The quantitative estimate of drug-likeness (QED) is 0.647. The highest BCUT2D eigenvalue weighted by molar-refractivity contribution is 5.96. The minimum absolute atomic E-state index is 0.0410. The van der Waals surface area contributed by atoms with Crippen molar-refractivity contribution in [2.75, 3.05) is 11.9 Å². The van der Waals surface area contributed by atoms with Crippen LogP contribution in [-0.2, 0) is 9.53 Å². The first kappa shape index (κ1) is 18.0. The number of para-hydroxylation sites is 3. The van der Waals surface area contributed by atoms with Crippen LogP contribution in [0.25, 0.3) is 0 Å². The lowest BCUT2D eigenvalue weighted by Gasteiger charge is -2.12. The Kier molecular flexibility index (Phi) is 5.69. The van der Waals surface area contributed by atoms with Gasteiger partial charge in [0.2, 0.25) is 0 Å². The lowest BCUT2D eigenvalue weighted by atomic mass is 10.2. The Morgan fingerprint density at radius 2 is 1.52 bits per heavy atom. The fourth-order valence-electron chi connectivity index (χ4n) is 2.27. The molecule has 0 aliphatic rings. The van der Waals surface area contributed by atoms with Crippen molar-refractivity contribution in [3.63, 3.8) is 0 Å². The van der Waals surface area contributed by atoms with Crippen LogP contribution in [-0.4, -0.2) is 23.6 Å². The van der Waals surface area contributed by atoms with E-state index in [9.17, 15) is 14.7 Å². The summed E-state index contributed by atoms with van der Waals surface area (Å²) in [5.74, 6) is 0.00407. The summed E-state index contributed by atoms with van der Waals surface area (Å²) in [4.78, 5) is 24.0. The molecule has 0 saturated heterocycles. The zero-order valence-corrected chi connectivity index (χ0v) is 14.3. The average Bonchev–Trinajstić information content (AvgIpc) is 2.69. The van der Waals surface area contributed by atoms with Crippen molar-refractivity contribution in [1.29, 1.82) is 0 Å². The van der Waals surface area contributed by atoms with Gasteiger partial charge in [0.05, 0.1) is 11.3 Å². The van der Waals surface area contributed by atoms with Crippen molar-refractivity contribution in [3.8, 4) is 17.2 Å². The second-order valence-electron chi connectivity index (χ2n) is 5.58. The van der Waals surface area contributed by atoms with Crippen LogP contribution in [0.3, 0.4) is 0 Å². The second kappa shape index (κ2) is 8.53. The number of phenols is 1. The van der Waals surface area contributed by atoms with E-state index in [1.807, 2.05) is 18.2 Å². The maximum Gasteiger partial charge on any atom is 0.338 e. The maximum atomic E-state index is 12.1. The molecule has 1 amide bonds. The number of benzene rings is 3. The van der Waals surface area contributed by atoms with Gasteiger partial charge in [-0.3, -0.25) is 4.79 Å². The lowest BCUT2D eigenvalue weighted by molar-refractivity contribution is -0.119. The summed E-state index contributed by atoms with van der Waals surface area (Å²) < 4.78 is 10.8. The number of carbonyl (C=O) groups is 2. The molecule has 0 atom stereocenters. The third-order valence-corrected chi connectivity index (χ3v) is 3.57. The van der Waals surface area contributed by atoms with E-state index in [0.717, 1.165) is 0 Å². The summed E-state index contributed by atoms with van der Waals surface area (Å²) in [5.41, 5.74) is 0.709. The van der Waals surface area contributed by atoms with Gasteiger partial charge in [0.1, 0.15) is 11.5 Å². The summed E-state index contributed by atoms with van der Waals surface area (Å²) in [6, 6.07) is 21.7. The maximum absolute atomic E-state index is 12.1. The van der Waals surface area contributed by atoms with Gasteiger partial charge in [-0.15, -0.1) is 0 Å². The topological polar surface area (TPSA) is 84.9 Å². The zero-order valence-electron chi connectivity index (χ0n) is 14.3. The normalized spacial score (nSPS) is 10.1. The number of anilines is 1. The van der Waals surface area contributed by atoms with E-state index in [1.165, 1.54) is 24.3 Å². The molecule has 0 aliphatic carbocycles. The van der Waals surface area contributed by atoms with Gasteiger partial charge >= 0.3 is 5.97 Å². The predicted octanol–water partition coefficient (Wildman–Crippen LogP) is 3.98. The van der Waals surface area contributed by atoms with Gasteiger partial charge in [-0.1, -0.05) is 30.3 Å². The van der Waals surface area contributed by atoms with Gasteiger partial charge < -0.3 is 19.9 Å². The smallest absolute Gasteiger partial charge is 0.338 e. The molecule has 0 spiro atoms. The highest BCUT2D eigenvalue weighted by atomic mass is 16.5. The number of aromatic hydroxyl groups is 1. The molecule has 0 unspecified atom stereocenters. The van der Waals surface area contributed by atoms with Crippen LogP contribution in [0, 0.1) is 0 Å². The first-order chi connectivity index (χ1) is 13.1. The number of carbonyl (C=O) groups excluding carboxylic acids is 2. The molecule has 0 heterocycles. The summed E-state index contributed by atoms with van der Waals surface area (Å²) in [5, 5.41) is 11.9. The molecule has 3 rings (SSSR count). The fraction of sp³-hybridized carbons (Fsp3) is 0.0476. The number of amides is 1. The molecule has 6 heteroatoms. The van der Waals surface area contributed by atoms with Crippen LogP contribution in [0.5, 0.6) is 17.2 Å². The van der Waals surface area contributed by atoms with Crippen molar-refractivity contribution < 1.29 is 24.2 Å². The first-order valence-electron chi connectivity index (χ1n) is 8.20. The largest absolute Gasteiger partial charge is 0.508 e. The number of ether oxygens (including phenoxy) is 2. The van der Waals surface area contributed by atoms with Crippen molar-refractivity contribution in [3.05, 3.63) is 84.4 Å². The third kappa shape index (κ3) is 5.09. The van der Waals surface area contributed by atoms with Gasteiger partial charge in [-0.05, 0) is 48.5 Å². The van der Waals surface area contributed by atoms with Crippen LogP contribution in [0.15, 0.2) is 78.9 Å². The van der Waals surface area contributed by atoms with Gasteiger partial charge in [0, 0.05) is 0 Å². The highest BCUT2D eigenvalue weighted by Crippen LogP contribution is 2.29. The monoisotopic (exact) mass is 363 g/mol. The van der Waals surface area contributed by atoms with Crippen LogP contribution >= 0.6 is 0 Å². The average molecular weight is 363 g/mol. The van der Waals surface area contributed by atoms with Crippen LogP contribution < -0.4 is 10.1 Å². The van der Waals surface area contributed by atoms with Crippen LogP contribution in [0.4, 0.5) is 5.69 Å². The Morgan fingerprint density at radius 1 is 0.852 bits per heavy atom. The minimum Gasteiger partial charge on any atom is -0.508 e. The summed E-state index contributed by atoms with van der Waals surface area (Å²) >= 11 is 0. The second-order valence-corrected chi connectivity index (χ2v) is 5.58. The Labute approximate surface area is 156 Å². The van der Waals surface area contributed by atoms with Gasteiger partial charge in [-0.25, -0.2) is 4.79 Å². The van der Waals surface area contributed by atoms with E-state index in [-0.39, 0.29) is 11.3 Å².